The van der Waals surface area contributed by atoms with E-state index in [9.17, 15) is 13.6 Å². The summed E-state index contributed by atoms with van der Waals surface area (Å²) >= 11 is 0.568. The van der Waals surface area contributed by atoms with Crippen LogP contribution in [0.25, 0.3) is 0 Å². The highest BCUT2D eigenvalue weighted by Gasteiger charge is 2.07. The van der Waals surface area contributed by atoms with E-state index in [1.54, 1.807) is 36.4 Å². The van der Waals surface area contributed by atoms with Crippen molar-refractivity contribution in [2.24, 2.45) is 0 Å². The molecule has 0 fully saturated rings. The Labute approximate surface area is 119 Å². The highest BCUT2D eigenvalue weighted by molar-refractivity contribution is 8.02. The Hall–Kier alpha value is -2.14. The smallest absolute Gasteiger partial charge is 0.251 e. The van der Waals surface area contributed by atoms with Gasteiger partial charge in [0.1, 0.15) is 5.82 Å². The van der Waals surface area contributed by atoms with E-state index in [1.165, 1.54) is 18.2 Å². The number of carbonyl (C=O) groups excluding carboxylic acids is 1. The minimum atomic E-state index is -0.775. The minimum absolute atomic E-state index is 0.133. The molecule has 2 aromatic carbocycles. The zero-order chi connectivity index (χ0) is 14.4. The number of para-hydroxylation sites is 1. The summed E-state index contributed by atoms with van der Waals surface area (Å²) < 4.78 is 26.9. The van der Waals surface area contributed by atoms with Gasteiger partial charge in [-0.15, -0.1) is 0 Å². The van der Waals surface area contributed by atoms with E-state index < -0.39 is 16.9 Å². The van der Waals surface area contributed by atoms with Crippen LogP contribution in [0.2, 0.25) is 0 Å². The lowest BCUT2D eigenvalue weighted by atomic mass is 10.3. The van der Waals surface area contributed by atoms with Crippen LogP contribution in [0, 0.1) is 5.82 Å². The molecule has 0 saturated heterocycles. The fraction of sp³-hybridized carbons (Fsp3) is 0. The van der Waals surface area contributed by atoms with E-state index in [-0.39, 0.29) is 4.90 Å². The number of amides is 1. The van der Waals surface area contributed by atoms with Crippen molar-refractivity contribution >= 4 is 23.4 Å². The van der Waals surface area contributed by atoms with Crippen molar-refractivity contribution in [3.63, 3.8) is 0 Å². The highest BCUT2D eigenvalue weighted by atomic mass is 32.2. The quantitative estimate of drug-likeness (QED) is 0.669. The number of thioether (sulfide) groups is 1. The molecule has 0 unspecified atom stereocenters. The topological polar surface area (TPSA) is 29.1 Å². The molecule has 0 aromatic heterocycles. The Balaban J connectivity index is 2.00. The van der Waals surface area contributed by atoms with Gasteiger partial charge in [0.05, 0.1) is 4.90 Å². The summed E-state index contributed by atoms with van der Waals surface area (Å²) in [5, 5.41) is 1.74. The van der Waals surface area contributed by atoms with E-state index in [4.69, 9.17) is 0 Å². The largest absolute Gasteiger partial charge is 0.322 e. The molecule has 0 aliphatic rings. The number of hydrogen-bond donors (Lipinski definition) is 1. The minimum Gasteiger partial charge on any atom is -0.322 e. The fourth-order valence-corrected chi connectivity index (χ4v) is 2.15. The maximum Gasteiger partial charge on any atom is 0.251 e. The van der Waals surface area contributed by atoms with Gasteiger partial charge in [-0.05, 0) is 24.3 Å². The molecule has 0 heterocycles. The van der Waals surface area contributed by atoms with Crippen molar-refractivity contribution < 1.29 is 13.6 Å². The maximum absolute atomic E-state index is 13.6. The number of carbonyl (C=O) groups is 1. The second-order valence-corrected chi connectivity index (χ2v) is 4.87. The molecule has 2 rings (SSSR count). The van der Waals surface area contributed by atoms with Crippen LogP contribution in [-0.2, 0) is 4.79 Å². The zero-order valence-corrected chi connectivity index (χ0v) is 11.2. The first-order chi connectivity index (χ1) is 9.65. The lowest BCUT2D eigenvalue weighted by Gasteiger charge is -2.02. The molecule has 0 saturated carbocycles. The molecule has 2 nitrogen and oxygen atoms in total. The van der Waals surface area contributed by atoms with Gasteiger partial charge in [0.15, 0.2) is 5.16 Å². The number of anilines is 1. The molecule has 102 valence electrons. The van der Waals surface area contributed by atoms with E-state index in [0.717, 1.165) is 6.08 Å². The molecule has 20 heavy (non-hydrogen) atoms. The molecule has 2 aromatic rings. The highest BCUT2D eigenvalue weighted by Crippen LogP contribution is 2.29. The van der Waals surface area contributed by atoms with Crippen molar-refractivity contribution in [1.82, 2.24) is 0 Å². The molecule has 0 aliphatic heterocycles. The first kappa shape index (κ1) is 14.3. The van der Waals surface area contributed by atoms with Gasteiger partial charge in [-0.2, -0.15) is 4.39 Å². The third-order valence-corrected chi connectivity index (χ3v) is 3.19. The summed E-state index contributed by atoms with van der Waals surface area (Å²) in [6.45, 7) is 0. The van der Waals surface area contributed by atoms with Crippen LogP contribution < -0.4 is 5.32 Å². The Morgan fingerprint density at radius 1 is 1.05 bits per heavy atom. The third kappa shape index (κ3) is 4.20. The second kappa shape index (κ2) is 6.86. The van der Waals surface area contributed by atoms with Crippen LogP contribution in [0.3, 0.4) is 0 Å². The monoisotopic (exact) mass is 291 g/mol. The zero-order valence-electron chi connectivity index (χ0n) is 10.3. The van der Waals surface area contributed by atoms with Crippen molar-refractivity contribution in [2.45, 2.75) is 4.90 Å². The third-order valence-electron chi connectivity index (χ3n) is 2.33. The molecule has 0 radical (unpaired) electrons. The van der Waals surface area contributed by atoms with Crippen LogP contribution in [0.1, 0.15) is 0 Å². The SMILES string of the molecule is O=C(C=C(F)Sc1ccccc1F)Nc1ccccc1. The predicted octanol–water partition coefficient (Wildman–Crippen LogP) is 4.37. The van der Waals surface area contributed by atoms with Crippen molar-refractivity contribution in [3.8, 4) is 0 Å². The summed E-state index contributed by atoms with van der Waals surface area (Å²) in [5.74, 6) is -1.12. The molecular formula is C15H11F2NOS. The van der Waals surface area contributed by atoms with Crippen molar-refractivity contribution in [3.05, 3.63) is 71.6 Å². The van der Waals surface area contributed by atoms with Crippen LogP contribution in [0.5, 0.6) is 0 Å². The van der Waals surface area contributed by atoms with Crippen LogP contribution in [0.15, 0.2) is 70.7 Å². The number of hydrogen-bond acceptors (Lipinski definition) is 2. The first-order valence-corrected chi connectivity index (χ1v) is 6.62. The normalized spacial score (nSPS) is 11.2. The van der Waals surface area contributed by atoms with Gasteiger partial charge >= 0.3 is 0 Å². The average Bonchev–Trinajstić information content (AvgIpc) is 2.42. The summed E-state index contributed by atoms with van der Waals surface area (Å²) in [6.07, 6.45) is 0.796. The molecule has 1 amide bonds. The van der Waals surface area contributed by atoms with Crippen molar-refractivity contribution in [2.75, 3.05) is 5.32 Å². The van der Waals surface area contributed by atoms with E-state index in [2.05, 4.69) is 5.32 Å². The molecule has 0 spiro atoms. The van der Waals surface area contributed by atoms with Crippen LogP contribution in [-0.4, -0.2) is 5.91 Å². The molecule has 0 bridgehead atoms. The van der Waals surface area contributed by atoms with Gasteiger partial charge in [-0.25, -0.2) is 4.39 Å². The van der Waals surface area contributed by atoms with Gasteiger partial charge in [-0.1, -0.05) is 42.1 Å². The molecule has 5 heteroatoms. The fourth-order valence-electron chi connectivity index (χ4n) is 1.46. The van der Waals surface area contributed by atoms with E-state index in [1.807, 2.05) is 0 Å². The van der Waals surface area contributed by atoms with E-state index in [0.29, 0.717) is 17.4 Å². The molecular weight excluding hydrogens is 280 g/mol. The Bertz CT molecular complexity index is 629. The summed E-state index contributed by atoms with van der Waals surface area (Å²) in [6, 6.07) is 14.5. The lowest BCUT2D eigenvalue weighted by Crippen LogP contribution is -2.07. The molecule has 1 N–H and O–H groups in total. The Morgan fingerprint density at radius 2 is 1.70 bits per heavy atom. The number of benzene rings is 2. The lowest BCUT2D eigenvalue weighted by molar-refractivity contribution is -0.112. The number of nitrogens with one attached hydrogen (secondary N) is 1. The van der Waals surface area contributed by atoms with Crippen molar-refractivity contribution in [1.29, 1.82) is 0 Å². The van der Waals surface area contributed by atoms with Gasteiger partial charge in [0.25, 0.3) is 5.91 Å². The standard InChI is InChI=1S/C15H11F2NOS/c16-12-8-4-5-9-13(12)20-14(17)10-15(19)18-11-6-2-1-3-7-11/h1-10H,(H,18,19). The summed E-state index contributed by atoms with van der Waals surface area (Å²) in [4.78, 5) is 11.7. The maximum atomic E-state index is 13.6. The van der Waals surface area contributed by atoms with Crippen LogP contribution in [0.4, 0.5) is 14.5 Å². The molecule has 0 atom stereocenters. The second-order valence-electron chi connectivity index (χ2n) is 3.84. The predicted molar refractivity (Wildman–Crippen MR) is 76.5 cm³/mol. The molecule has 0 aliphatic carbocycles. The Kier molecular flexibility index (Phi) is 4.90. The van der Waals surface area contributed by atoms with Gasteiger partial charge in [0, 0.05) is 11.8 Å². The van der Waals surface area contributed by atoms with E-state index >= 15 is 0 Å². The van der Waals surface area contributed by atoms with Gasteiger partial charge in [-0.3, -0.25) is 4.79 Å². The van der Waals surface area contributed by atoms with Gasteiger partial charge < -0.3 is 5.32 Å². The van der Waals surface area contributed by atoms with Crippen LogP contribution >= 0.6 is 11.8 Å². The number of halogens is 2. The Morgan fingerprint density at radius 3 is 2.40 bits per heavy atom. The number of rotatable bonds is 4. The summed E-state index contributed by atoms with van der Waals surface area (Å²) in [5.41, 5.74) is 0.567. The average molecular weight is 291 g/mol. The van der Waals surface area contributed by atoms with Gasteiger partial charge in [0.2, 0.25) is 0 Å². The first-order valence-electron chi connectivity index (χ1n) is 5.81. The summed E-state index contributed by atoms with van der Waals surface area (Å²) in [7, 11) is 0.